The van der Waals surface area contributed by atoms with Crippen molar-refractivity contribution in [1.82, 2.24) is 9.97 Å². The second-order valence-electron chi connectivity index (χ2n) is 13.9. The van der Waals surface area contributed by atoms with E-state index in [4.69, 9.17) is 9.97 Å². The minimum absolute atomic E-state index is 0.0202. The van der Waals surface area contributed by atoms with E-state index >= 15 is 0 Å². The summed E-state index contributed by atoms with van der Waals surface area (Å²) in [6.07, 6.45) is 0. The van der Waals surface area contributed by atoms with E-state index in [2.05, 4.69) is 184 Å². The lowest BCUT2D eigenvalue weighted by molar-refractivity contribution is 0.660. The molecule has 2 nitrogen and oxygen atoms in total. The summed E-state index contributed by atoms with van der Waals surface area (Å²) < 4.78 is 0. The molecular formula is C49H36N2. The molecule has 0 spiro atoms. The molecule has 0 N–H and O–H groups in total. The van der Waals surface area contributed by atoms with Crippen molar-refractivity contribution in [3.05, 3.63) is 193 Å². The van der Waals surface area contributed by atoms with Gasteiger partial charge < -0.3 is 0 Å². The maximum absolute atomic E-state index is 5.13. The molecule has 0 unspecified atom stereocenters. The number of rotatable bonds is 6. The van der Waals surface area contributed by atoms with Gasteiger partial charge in [-0.3, -0.25) is 0 Å². The highest BCUT2D eigenvalue weighted by Gasteiger charge is 2.35. The van der Waals surface area contributed by atoms with Gasteiger partial charge in [-0.2, -0.15) is 0 Å². The van der Waals surface area contributed by atoms with Crippen molar-refractivity contribution in [2.75, 3.05) is 0 Å². The fourth-order valence-electron chi connectivity index (χ4n) is 7.52. The highest BCUT2D eigenvalue weighted by molar-refractivity contribution is 5.84. The minimum Gasteiger partial charge on any atom is -0.228 e. The molecule has 0 fully saturated rings. The lowest BCUT2D eigenvalue weighted by atomic mass is 9.81. The SMILES string of the molecule is CC1(C)c2ccccc2-c2ccc(-c3ccc(-c4cccc(-c5nc(-c6ccccc6)cc(-c6ccc(-c7ccccc7)cc6)n5)c4)cc3)cc21. The summed E-state index contributed by atoms with van der Waals surface area (Å²) in [4.78, 5) is 10.2. The molecule has 0 saturated carbocycles. The van der Waals surface area contributed by atoms with Crippen molar-refractivity contribution >= 4 is 0 Å². The van der Waals surface area contributed by atoms with Crippen LogP contribution in [0.4, 0.5) is 0 Å². The molecule has 1 aliphatic carbocycles. The first-order valence-electron chi connectivity index (χ1n) is 17.6. The topological polar surface area (TPSA) is 25.8 Å². The Labute approximate surface area is 299 Å². The molecule has 8 aromatic rings. The van der Waals surface area contributed by atoms with Crippen molar-refractivity contribution in [2.24, 2.45) is 0 Å². The van der Waals surface area contributed by atoms with Gasteiger partial charge in [-0.05, 0) is 73.8 Å². The Hall–Kier alpha value is -6.38. The maximum Gasteiger partial charge on any atom is 0.160 e. The molecule has 0 radical (unpaired) electrons. The number of fused-ring (bicyclic) bond motifs is 3. The van der Waals surface area contributed by atoms with Gasteiger partial charge in [0, 0.05) is 22.1 Å². The normalized spacial score (nSPS) is 12.7. The zero-order valence-electron chi connectivity index (χ0n) is 28.7. The lowest BCUT2D eigenvalue weighted by Gasteiger charge is -2.22. The van der Waals surface area contributed by atoms with Crippen molar-refractivity contribution < 1.29 is 0 Å². The van der Waals surface area contributed by atoms with Gasteiger partial charge in [0.25, 0.3) is 0 Å². The Balaban J connectivity index is 1.05. The third-order valence-electron chi connectivity index (χ3n) is 10.3. The monoisotopic (exact) mass is 652 g/mol. The molecule has 0 saturated heterocycles. The molecule has 0 amide bonds. The average Bonchev–Trinajstić information content (AvgIpc) is 3.44. The highest BCUT2D eigenvalue weighted by atomic mass is 14.9. The molecule has 9 rings (SSSR count). The van der Waals surface area contributed by atoms with Crippen molar-refractivity contribution in [3.63, 3.8) is 0 Å². The molecule has 7 aromatic carbocycles. The van der Waals surface area contributed by atoms with Gasteiger partial charge in [0.2, 0.25) is 0 Å². The standard InChI is InChI=1S/C49H36N2/c1-49(2)44-19-10-9-18-42(44)43-29-28-40(31-45(43)49)36-22-20-35(21-23-36)39-16-11-17-41(30-39)48-50-46(37-14-7-4-8-15-37)32-47(51-48)38-26-24-34(25-27-38)33-12-5-3-6-13-33/h3-32H,1-2H3. The Morgan fingerprint density at radius 1 is 0.314 bits per heavy atom. The largest absolute Gasteiger partial charge is 0.228 e. The number of hydrogen-bond donors (Lipinski definition) is 0. The smallest absolute Gasteiger partial charge is 0.160 e. The van der Waals surface area contributed by atoms with Crippen LogP contribution in [0.1, 0.15) is 25.0 Å². The lowest BCUT2D eigenvalue weighted by Crippen LogP contribution is -2.14. The molecule has 1 aromatic heterocycles. The third-order valence-corrected chi connectivity index (χ3v) is 10.3. The Morgan fingerprint density at radius 3 is 1.41 bits per heavy atom. The van der Waals surface area contributed by atoms with E-state index in [1.54, 1.807) is 0 Å². The molecule has 51 heavy (non-hydrogen) atoms. The van der Waals surface area contributed by atoms with Crippen LogP contribution in [0.25, 0.3) is 78.4 Å². The van der Waals surface area contributed by atoms with Gasteiger partial charge in [0.15, 0.2) is 5.82 Å². The molecular weight excluding hydrogens is 617 g/mol. The molecule has 0 aliphatic heterocycles. The van der Waals surface area contributed by atoms with Crippen LogP contribution in [0, 0.1) is 0 Å². The Morgan fingerprint density at radius 2 is 0.745 bits per heavy atom. The quantitative estimate of drug-likeness (QED) is 0.179. The molecule has 2 heteroatoms. The summed E-state index contributed by atoms with van der Waals surface area (Å²) in [5, 5.41) is 0. The zero-order chi connectivity index (χ0) is 34.4. The summed E-state index contributed by atoms with van der Waals surface area (Å²) in [6, 6.07) is 64.8. The van der Waals surface area contributed by atoms with E-state index in [-0.39, 0.29) is 5.41 Å². The van der Waals surface area contributed by atoms with Crippen LogP contribution in [0.5, 0.6) is 0 Å². The maximum atomic E-state index is 5.13. The van der Waals surface area contributed by atoms with Gasteiger partial charge in [-0.25, -0.2) is 9.97 Å². The number of benzene rings is 7. The van der Waals surface area contributed by atoms with Crippen LogP contribution in [-0.2, 0) is 5.41 Å². The van der Waals surface area contributed by atoms with Gasteiger partial charge in [0.05, 0.1) is 11.4 Å². The van der Waals surface area contributed by atoms with Crippen LogP contribution in [-0.4, -0.2) is 9.97 Å². The summed E-state index contributed by atoms with van der Waals surface area (Å²) in [6.45, 7) is 4.67. The first kappa shape index (κ1) is 30.7. The highest BCUT2D eigenvalue weighted by Crippen LogP contribution is 2.49. The fourth-order valence-corrected chi connectivity index (χ4v) is 7.52. The Kier molecular flexibility index (Phi) is 7.51. The number of aromatic nitrogens is 2. The second kappa shape index (κ2) is 12.5. The number of hydrogen-bond acceptors (Lipinski definition) is 2. The summed E-state index contributed by atoms with van der Waals surface area (Å²) >= 11 is 0. The van der Waals surface area contributed by atoms with Crippen LogP contribution >= 0.6 is 0 Å². The average molecular weight is 653 g/mol. The summed E-state index contributed by atoms with van der Waals surface area (Å²) in [5.41, 5.74) is 17.5. The van der Waals surface area contributed by atoms with Crippen molar-refractivity contribution in [2.45, 2.75) is 19.3 Å². The van der Waals surface area contributed by atoms with Crippen LogP contribution in [0.3, 0.4) is 0 Å². The molecule has 0 atom stereocenters. The van der Waals surface area contributed by atoms with E-state index in [0.29, 0.717) is 5.82 Å². The second-order valence-corrected chi connectivity index (χ2v) is 13.9. The van der Waals surface area contributed by atoms with E-state index in [9.17, 15) is 0 Å². The van der Waals surface area contributed by atoms with Crippen LogP contribution in [0.2, 0.25) is 0 Å². The van der Waals surface area contributed by atoms with Crippen molar-refractivity contribution in [3.8, 4) is 78.4 Å². The molecule has 1 heterocycles. The minimum atomic E-state index is -0.0202. The first-order chi connectivity index (χ1) is 25.0. The predicted octanol–water partition coefficient (Wildman–Crippen LogP) is 12.8. The van der Waals surface area contributed by atoms with Crippen LogP contribution < -0.4 is 0 Å². The Bertz CT molecular complexity index is 2510. The van der Waals surface area contributed by atoms with E-state index in [1.807, 2.05) is 12.1 Å². The first-order valence-corrected chi connectivity index (χ1v) is 17.6. The van der Waals surface area contributed by atoms with E-state index in [0.717, 1.165) is 39.2 Å². The van der Waals surface area contributed by atoms with Gasteiger partial charge in [0.1, 0.15) is 0 Å². The summed E-state index contributed by atoms with van der Waals surface area (Å²) in [7, 11) is 0. The van der Waals surface area contributed by atoms with E-state index < -0.39 is 0 Å². The third kappa shape index (κ3) is 5.65. The fraction of sp³-hybridized carbons (Fsp3) is 0.0612. The van der Waals surface area contributed by atoms with Crippen molar-refractivity contribution in [1.29, 1.82) is 0 Å². The molecule has 1 aliphatic rings. The molecule has 242 valence electrons. The number of nitrogens with zero attached hydrogens (tertiary/aromatic N) is 2. The van der Waals surface area contributed by atoms with E-state index in [1.165, 1.54) is 44.5 Å². The van der Waals surface area contributed by atoms with Gasteiger partial charge in [-0.15, -0.1) is 0 Å². The van der Waals surface area contributed by atoms with Gasteiger partial charge in [-0.1, -0.05) is 178 Å². The molecule has 0 bridgehead atoms. The van der Waals surface area contributed by atoms with Gasteiger partial charge >= 0.3 is 0 Å². The predicted molar refractivity (Wildman–Crippen MR) is 212 cm³/mol. The summed E-state index contributed by atoms with van der Waals surface area (Å²) in [5.74, 6) is 0.707. The zero-order valence-corrected chi connectivity index (χ0v) is 28.7. The van der Waals surface area contributed by atoms with Crippen LogP contribution in [0.15, 0.2) is 182 Å².